The van der Waals surface area contributed by atoms with Crippen LogP contribution in [-0.2, 0) is 11.2 Å². The molecule has 1 heterocycles. The molecule has 2 rings (SSSR count). The Bertz CT molecular complexity index is 649. The van der Waals surface area contributed by atoms with Gasteiger partial charge in [-0.1, -0.05) is 0 Å². The number of nitrogens with one attached hydrogen (secondary N) is 1. The average molecular weight is 304 g/mol. The molecule has 0 spiro atoms. The Morgan fingerprint density at radius 1 is 1.29 bits per heavy atom. The van der Waals surface area contributed by atoms with Crippen molar-refractivity contribution in [1.29, 1.82) is 0 Å². The number of nitrogens with zero attached hydrogens (tertiary/aromatic N) is 2. The quantitative estimate of drug-likeness (QED) is 0.876. The summed E-state index contributed by atoms with van der Waals surface area (Å²) in [5.41, 5.74) is 7.23. The summed E-state index contributed by atoms with van der Waals surface area (Å²) in [6.07, 6.45) is 0.0733. The van der Waals surface area contributed by atoms with Crippen molar-refractivity contribution < 1.29 is 9.59 Å². The van der Waals surface area contributed by atoms with Crippen molar-refractivity contribution in [2.45, 2.75) is 6.42 Å². The maximum Gasteiger partial charge on any atom is 0.257 e. The average Bonchev–Trinajstić information content (AvgIpc) is 2.85. The molecule has 2 aromatic rings. The number of anilines is 2. The molecule has 0 fully saturated rings. The van der Waals surface area contributed by atoms with Crippen molar-refractivity contribution in [3.8, 4) is 0 Å². The number of benzene rings is 1. The van der Waals surface area contributed by atoms with E-state index in [0.29, 0.717) is 16.4 Å². The molecule has 1 aromatic carbocycles. The van der Waals surface area contributed by atoms with Crippen molar-refractivity contribution in [2.75, 3.05) is 24.3 Å². The number of carbonyl (C=O) groups excluding carboxylic acids is 2. The van der Waals surface area contributed by atoms with Gasteiger partial charge in [0.05, 0.1) is 12.1 Å². The van der Waals surface area contributed by atoms with Gasteiger partial charge in [0, 0.05) is 30.7 Å². The topological polar surface area (TPSA) is 88.3 Å². The predicted molar refractivity (Wildman–Crippen MR) is 83.7 cm³/mol. The van der Waals surface area contributed by atoms with Crippen LogP contribution in [0.15, 0.2) is 29.6 Å². The predicted octanol–water partition coefficient (Wildman–Crippen LogP) is 1.49. The molecule has 0 bridgehead atoms. The van der Waals surface area contributed by atoms with Crippen molar-refractivity contribution >= 4 is 34.0 Å². The van der Waals surface area contributed by atoms with Crippen LogP contribution >= 0.6 is 11.3 Å². The molecule has 3 N–H and O–H groups in total. The smallest absolute Gasteiger partial charge is 0.257 e. The van der Waals surface area contributed by atoms with Gasteiger partial charge < -0.3 is 10.6 Å². The van der Waals surface area contributed by atoms with Crippen molar-refractivity contribution in [3.05, 3.63) is 40.9 Å². The Kier molecular flexibility index (Phi) is 4.54. The summed E-state index contributed by atoms with van der Waals surface area (Å²) in [5, 5.41) is 4.86. The van der Waals surface area contributed by atoms with Crippen LogP contribution in [0.1, 0.15) is 16.1 Å². The van der Waals surface area contributed by atoms with Gasteiger partial charge in [-0.3, -0.25) is 14.9 Å². The Balaban J connectivity index is 2.03. The number of amides is 2. The molecule has 0 unspecified atom stereocenters. The van der Waals surface area contributed by atoms with Crippen LogP contribution < -0.4 is 16.0 Å². The monoisotopic (exact) mass is 304 g/mol. The number of carbonyl (C=O) groups is 2. The van der Waals surface area contributed by atoms with Crippen LogP contribution in [0.25, 0.3) is 0 Å². The molecule has 0 radical (unpaired) electrons. The van der Waals surface area contributed by atoms with Crippen LogP contribution in [0.4, 0.5) is 10.8 Å². The maximum absolute atomic E-state index is 12.1. The van der Waals surface area contributed by atoms with Gasteiger partial charge in [0.25, 0.3) is 5.91 Å². The molecule has 21 heavy (non-hydrogen) atoms. The van der Waals surface area contributed by atoms with Gasteiger partial charge in [-0.05, 0) is 24.3 Å². The Morgan fingerprint density at radius 2 is 1.95 bits per heavy atom. The molecule has 110 valence electrons. The first-order valence-corrected chi connectivity index (χ1v) is 7.15. The van der Waals surface area contributed by atoms with E-state index in [2.05, 4.69) is 10.3 Å². The van der Waals surface area contributed by atoms with Crippen LogP contribution in [0.5, 0.6) is 0 Å². The second-order valence-corrected chi connectivity index (χ2v) is 5.54. The van der Waals surface area contributed by atoms with E-state index in [0.717, 1.165) is 5.69 Å². The number of aromatic nitrogens is 1. The van der Waals surface area contributed by atoms with Gasteiger partial charge in [0.1, 0.15) is 0 Å². The Hall–Kier alpha value is -2.41. The molecule has 7 heteroatoms. The number of rotatable bonds is 5. The lowest BCUT2D eigenvalue weighted by Gasteiger charge is -2.12. The van der Waals surface area contributed by atoms with E-state index < -0.39 is 5.91 Å². The molecule has 0 saturated heterocycles. The number of nitrogens with two attached hydrogens (primary N) is 1. The lowest BCUT2D eigenvalue weighted by molar-refractivity contribution is -0.117. The number of hydrogen-bond acceptors (Lipinski definition) is 5. The summed E-state index contributed by atoms with van der Waals surface area (Å²) in [5.74, 6) is -0.683. The highest BCUT2D eigenvalue weighted by Gasteiger charge is 2.10. The van der Waals surface area contributed by atoms with Crippen LogP contribution in [0.3, 0.4) is 0 Å². The summed E-state index contributed by atoms with van der Waals surface area (Å²) in [6, 6.07) is 7.25. The van der Waals surface area contributed by atoms with Crippen LogP contribution in [0.2, 0.25) is 0 Å². The Morgan fingerprint density at radius 3 is 2.52 bits per heavy atom. The minimum Gasteiger partial charge on any atom is -0.378 e. The van der Waals surface area contributed by atoms with E-state index in [9.17, 15) is 9.59 Å². The summed E-state index contributed by atoms with van der Waals surface area (Å²) in [4.78, 5) is 29.0. The third-order valence-electron chi connectivity index (χ3n) is 2.77. The van der Waals surface area contributed by atoms with Crippen LogP contribution in [-0.4, -0.2) is 30.9 Å². The molecule has 0 atom stereocenters. The first-order valence-electron chi connectivity index (χ1n) is 6.27. The highest BCUT2D eigenvalue weighted by Crippen LogP contribution is 2.18. The zero-order chi connectivity index (χ0) is 15.4. The first kappa shape index (κ1) is 15.0. The molecule has 1 aromatic heterocycles. The summed E-state index contributed by atoms with van der Waals surface area (Å²) >= 11 is 1.26. The van der Waals surface area contributed by atoms with Gasteiger partial charge >= 0.3 is 0 Å². The van der Waals surface area contributed by atoms with E-state index in [1.54, 1.807) is 17.5 Å². The van der Waals surface area contributed by atoms with Gasteiger partial charge in [-0.2, -0.15) is 0 Å². The number of thiazole rings is 1. The highest BCUT2D eigenvalue weighted by molar-refractivity contribution is 7.14. The van der Waals surface area contributed by atoms with Crippen LogP contribution in [0, 0.1) is 0 Å². The van der Waals surface area contributed by atoms with Gasteiger partial charge in [-0.25, -0.2) is 4.98 Å². The molecule has 2 amide bonds. The van der Waals surface area contributed by atoms with E-state index in [-0.39, 0.29) is 12.3 Å². The van der Waals surface area contributed by atoms with Crippen molar-refractivity contribution in [2.24, 2.45) is 5.73 Å². The fraction of sp³-hybridized carbons (Fsp3) is 0.214. The molecule has 6 nitrogen and oxygen atoms in total. The fourth-order valence-electron chi connectivity index (χ4n) is 1.70. The zero-order valence-electron chi connectivity index (χ0n) is 11.8. The molecule has 0 aliphatic heterocycles. The minimum atomic E-state index is -0.447. The van der Waals surface area contributed by atoms with Gasteiger partial charge in [-0.15, -0.1) is 11.3 Å². The standard InChI is InChI=1S/C14H16N4O2S/c1-18(2)11-5-3-9(4-6-11)13(20)17-14-16-10(8-21-14)7-12(15)19/h3-6,8H,7H2,1-2H3,(H2,15,19)(H,16,17,20). The van der Waals surface area contributed by atoms with Crippen molar-refractivity contribution in [1.82, 2.24) is 4.98 Å². The normalized spacial score (nSPS) is 10.2. The lowest BCUT2D eigenvalue weighted by Crippen LogP contribution is -2.15. The first-order chi connectivity index (χ1) is 9.95. The second kappa shape index (κ2) is 6.36. The van der Waals surface area contributed by atoms with E-state index in [1.165, 1.54) is 11.3 Å². The molecule has 0 aliphatic rings. The van der Waals surface area contributed by atoms with E-state index in [1.807, 2.05) is 31.1 Å². The van der Waals surface area contributed by atoms with Gasteiger partial charge in [0.2, 0.25) is 5.91 Å². The third-order valence-corrected chi connectivity index (χ3v) is 3.58. The highest BCUT2D eigenvalue weighted by atomic mass is 32.1. The fourth-order valence-corrected chi connectivity index (χ4v) is 2.41. The second-order valence-electron chi connectivity index (χ2n) is 4.68. The summed E-state index contributed by atoms with van der Waals surface area (Å²) in [6.45, 7) is 0. The number of hydrogen-bond donors (Lipinski definition) is 2. The van der Waals surface area contributed by atoms with E-state index in [4.69, 9.17) is 5.73 Å². The lowest BCUT2D eigenvalue weighted by atomic mass is 10.2. The minimum absolute atomic E-state index is 0.0733. The largest absolute Gasteiger partial charge is 0.378 e. The van der Waals surface area contributed by atoms with E-state index >= 15 is 0 Å². The Labute approximate surface area is 126 Å². The maximum atomic E-state index is 12.1. The number of primary amides is 1. The zero-order valence-corrected chi connectivity index (χ0v) is 12.6. The summed E-state index contributed by atoms with van der Waals surface area (Å²) in [7, 11) is 3.87. The summed E-state index contributed by atoms with van der Waals surface area (Å²) < 4.78 is 0. The molecule has 0 saturated carbocycles. The van der Waals surface area contributed by atoms with Crippen molar-refractivity contribution in [3.63, 3.8) is 0 Å². The molecular formula is C14H16N4O2S. The third kappa shape index (κ3) is 4.03. The SMILES string of the molecule is CN(C)c1ccc(C(=O)Nc2nc(CC(N)=O)cs2)cc1. The molecule has 0 aliphatic carbocycles. The van der Waals surface area contributed by atoms with Gasteiger partial charge in [0.15, 0.2) is 5.13 Å². The molecular weight excluding hydrogens is 288 g/mol.